The molecule has 0 radical (unpaired) electrons. The van der Waals surface area contributed by atoms with Crippen molar-refractivity contribution in [3.8, 4) is 5.75 Å². The third-order valence-electron chi connectivity index (χ3n) is 3.05. The van der Waals surface area contributed by atoms with Crippen LogP contribution in [0.25, 0.3) is 0 Å². The van der Waals surface area contributed by atoms with Crippen molar-refractivity contribution in [1.82, 2.24) is 4.90 Å². The van der Waals surface area contributed by atoms with Crippen LogP contribution in [0.4, 0.5) is 4.39 Å². The van der Waals surface area contributed by atoms with Crippen LogP contribution in [0.5, 0.6) is 5.75 Å². The second kappa shape index (κ2) is 7.09. The summed E-state index contributed by atoms with van der Waals surface area (Å²) in [4.78, 5) is 12.6. The monoisotopic (exact) mass is 269 g/mol. The van der Waals surface area contributed by atoms with Crippen molar-refractivity contribution in [2.24, 2.45) is 0 Å². The van der Waals surface area contributed by atoms with Gasteiger partial charge in [-0.3, -0.25) is 9.69 Å². The van der Waals surface area contributed by atoms with Crippen molar-refractivity contribution in [2.75, 3.05) is 20.2 Å². The molecule has 1 N–H and O–H groups in total. The normalized spacial score (nSPS) is 12.5. The number of benzene rings is 1. The summed E-state index contributed by atoms with van der Waals surface area (Å²) in [6.45, 7) is 4.22. The molecule has 1 atom stereocenters. The SMILES string of the molecule is CCCN(CC(=O)O)C(C)c1c(F)cccc1OC. The highest BCUT2D eigenvalue weighted by molar-refractivity contribution is 5.69. The molecular weight excluding hydrogens is 249 g/mol. The van der Waals surface area contributed by atoms with E-state index in [0.29, 0.717) is 17.9 Å². The second-order valence-corrected chi connectivity index (χ2v) is 4.40. The minimum Gasteiger partial charge on any atom is -0.496 e. The largest absolute Gasteiger partial charge is 0.496 e. The van der Waals surface area contributed by atoms with Gasteiger partial charge in [-0.15, -0.1) is 0 Å². The van der Waals surface area contributed by atoms with Gasteiger partial charge in [0.1, 0.15) is 11.6 Å². The van der Waals surface area contributed by atoms with Crippen LogP contribution in [-0.4, -0.2) is 36.2 Å². The van der Waals surface area contributed by atoms with E-state index in [1.54, 1.807) is 24.0 Å². The van der Waals surface area contributed by atoms with E-state index < -0.39 is 5.97 Å². The van der Waals surface area contributed by atoms with Gasteiger partial charge in [0.05, 0.1) is 13.7 Å². The maximum absolute atomic E-state index is 14.0. The maximum Gasteiger partial charge on any atom is 0.317 e. The molecule has 0 amide bonds. The standard InChI is InChI=1S/C14H20FNO3/c1-4-8-16(9-13(17)18)10(2)14-11(15)6-5-7-12(14)19-3/h5-7,10H,4,8-9H2,1-3H3,(H,17,18). The van der Waals surface area contributed by atoms with E-state index in [0.717, 1.165) is 6.42 Å². The van der Waals surface area contributed by atoms with E-state index >= 15 is 0 Å². The van der Waals surface area contributed by atoms with E-state index in [4.69, 9.17) is 9.84 Å². The number of rotatable bonds is 7. The lowest BCUT2D eigenvalue weighted by molar-refractivity contribution is -0.138. The third-order valence-corrected chi connectivity index (χ3v) is 3.05. The number of nitrogens with zero attached hydrogens (tertiary/aromatic N) is 1. The van der Waals surface area contributed by atoms with Crippen molar-refractivity contribution in [3.05, 3.63) is 29.6 Å². The Bertz CT molecular complexity index is 437. The number of carbonyl (C=O) groups is 1. The molecule has 0 bridgehead atoms. The fraction of sp³-hybridized carbons (Fsp3) is 0.500. The number of carboxylic acid groups (broad SMARTS) is 1. The molecule has 1 unspecified atom stereocenters. The molecule has 0 fully saturated rings. The first-order valence-corrected chi connectivity index (χ1v) is 6.29. The Balaban J connectivity index is 3.07. The third kappa shape index (κ3) is 3.92. The molecule has 1 aromatic carbocycles. The first-order chi connectivity index (χ1) is 9.01. The summed E-state index contributed by atoms with van der Waals surface area (Å²) in [6, 6.07) is 4.26. The van der Waals surface area contributed by atoms with Gasteiger partial charge < -0.3 is 9.84 Å². The molecule has 19 heavy (non-hydrogen) atoms. The van der Waals surface area contributed by atoms with Crippen molar-refractivity contribution < 1.29 is 19.0 Å². The molecule has 0 heterocycles. The number of aliphatic carboxylic acids is 1. The molecule has 0 saturated heterocycles. The van der Waals surface area contributed by atoms with Gasteiger partial charge in [0.15, 0.2) is 0 Å². The second-order valence-electron chi connectivity index (χ2n) is 4.40. The molecule has 106 valence electrons. The number of hydrogen-bond donors (Lipinski definition) is 1. The van der Waals surface area contributed by atoms with Gasteiger partial charge >= 0.3 is 5.97 Å². The van der Waals surface area contributed by atoms with Crippen LogP contribution in [-0.2, 0) is 4.79 Å². The minimum atomic E-state index is -0.921. The Morgan fingerprint density at radius 1 is 1.53 bits per heavy atom. The summed E-state index contributed by atoms with van der Waals surface area (Å²) in [6.07, 6.45) is 0.800. The lowest BCUT2D eigenvalue weighted by Gasteiger charge is -2.28. The lowest BCUT2D eigenvalue weighted by Crippen LogP contribution is -2.33. The van der Waals surface area contributed by atoms with Crippen molar-refractivity contribution in [3.63, 3.8) is 0 Å². The van der Waals surface area contributed by atoms with Gasteiger partial charge in [-0.1, -0.05) is 13.0 Å². The lowest BCUT2D eigenvalue weighted by atomic mass is 10.0. The molecule has 0 aliphatic carbocycles. The van der Waals surface area contributed by atoms with Crippen molar-refractivity contribution >= 4 is 5.97 Å². The Labute approximate surface area is 112 Å². The van der Waals surface area contributed by atoms with E-state index in [2.05, 4.69) is 0 Å². The Morgan fingerprint density at radius 2 is 2.21 bits per heavy atom. The van der Waals surface area contributed by atoms with Crippen molar-refractivity contribution in [1.29, 1.82) is 0 Å². The molecule has 0 spiro atoms. The molecule has 1 rings (SSSR count). The summed E-state index contributed by atoms with van der Waals surface area (Å²) in [5.41, 5.74) is 0.403. The van der Waals surface area contributed by atoms with E-state index in [1.165, 1.54) is 13.2 Å². The summed E-state index contributed by atoms with van der Waals surface area (Å²) >= 11 is 0. The smallest absolute Gasteiger partial charge is 0.317 e. The highest BCUT2D eigenvalue weighted by Gasteiger charge is 2.23. The quantitative estimate of drug-likeness (QED) is 0.827. The van der Waals surface area contributed by atoms with Crippen LogP contribution in [0.3, 0.4) is 0 Å². The van der Waals surface area contributed by atoms with Gasteiger partial charge in [0.2, 0.25) is 0 Å². The van der Waals surface area contributed by atoms with Crippen LogP contribution in [0, 0.1) is 5.82 Å². The summed E-state index contributed by atoms with van der Waals surface area (Å²) in [5.74, 6) is -0.854. The first-order valence-electron chi connectivity index (χ1n) is 6.29. The predicted octanol–water partition coefficient (Wildman–Crippen LogP) is 2.69. The highest BCUT2D eigenvalue weighted by Crippen LogP contribution is 2.31. The molecular formula is C14H20FNO3. The molecule has 0 aliphatic heterocycles. The van der Waals surface area contributed by atoms with E-state index in [9.17, 15) is 9.18 Å². The molecule has 0 saturated carbocycles. The van der Waals surface area contributed by atoms with Crippen molar-refractivity contribution in [2.45, 2.75) is 26.3 Å². The Kier molecular flexibility index (Phi) is 5.76. The maximum atomic E-state index is 14.0. The van der Waals surface area contributed by atoms with Gasteiger partial charge in [0.25, 0.3) is 0 Å². The highest BCUT2D eigenvalue weighted by atomic mass is 19.1. The average Bonchev–Trinajstić information content (AvgIpc) is 2.36. The van der Waals surface area contributed by atoms with Gasteiger partial charge in [-0.25, -0.2) is 4.39 Å². The minimum absolute atomic E-state index is 0.119. The molecule has 4 nitrogen and oxygen atoms in total. The van der Waals surface area contributed by atoms with Gasteiger partial charge in [-0.2, -0.15) is 0 Å². The average molecular weight is 269 g/mol. The zero-order valence-electron chi connectivity index (χ0n) is 11.5. The van der Waals surface area contributed by atoms with Crippen LogP contribution in [0.2, 0.25) is 0 Å². The van der Waals surface area contributed by atoms with Crippen LogP contribution in [0.1, 0.15) is 31.9 Å². The topological polar surface area (TPSA) is 49.8 Å². The van der Waals surface area contributed by atoms with Crippen LogP contribution < -0.4 is 4.74 Å². The first kappa shape index (κ1) is 15.4. The Morgan fingerprint density at radius 3 is 2.74 bits per heavy atom. The van der Waals surface area contributed by atoms with Gasteiger partial charge in [-0.05, 0) is 32.0 Å². The Hall–Kier alpha value is -1.62. The van der Waals surface area contributed by atoms with Crippen LogP contribution >= 0.6 is 0 Å². The molecule has 5 heteroatoms. The number of halogens is 1. The fourth-order valence-corrected chi connectivity index (χ4v) is 2.15. The number of methoxy groups -OCH3 is 1. The number of ether oxygens (including phenoxy) is 1. The number of carboxylic acids is 1. The number of hydrogen-bond acceptors (Lipinski definition) is 3. The molecule has 0 aliphatic rings. The van der Waals surface area contributed by atoms with Gasteiger partial charge in [0, 0.05) is 11.6 Å². The van der Waals surface area contributed by atoms with Crippen LogP contribution in [0.15, 0.2) is 18.2 Å². The fourth-order valence-electron chi connectivity index (χ4n) is 2.15. The van der Waals surface area contributed by atoms with E-state index in [-0.39, 0.29) is 18.4 Å². The zero-order chi connectivity index (χ0) is 14.4. The molecule has 1 aromatic rings. The molecule has 0 aromatic heterocycles. The van der Waals surface area contributed by atoms with E-state index in [1.807, 2.05) is 6.92 Å². The summed E-state index contributed by atoms with van der Waals surface area (Å²) in [5, 5.41) is 8.94. The zero-order valence-corrected chi connectivity index (χ0v) is 11.5. The predicted molar refractivity (Wildman–Crippen MR) is 70.9 cm³/mol. The summed E-state index contributed by atoms with van der Waals surface area (Å²) in [7, 11) is 1.48. The summed E-state index contributed by atoms with van der Waals surface area (Å²) < 4.78 is 19.1.